The van der Waals surface area contributed by atoms with E-state index in [0.717, 1.165) is 5.56 Å². The molecule has 1 aliphatic rings. The Balaban J connectivity index is 2.14. The standard InChI is InChI=1S/C16H18N2O3/c1-11-5-6-13(12(10-11)4-2-3-9-19)18-16(21)14-7-8-15(20)17-14/h5-6,10,14,19H,3,7-9H2,1H3,(H,17,20)(H,18,21). The zero-order valence-electron chi connectivity index (χ0n) is 11.9. The van der Waals surface area contributed by atoms with Crippen molar-refractivity contribution < 1.29 is 14.7 Å². The first kappa shape index (κ1) is 15.1. The highest BCUT2D eigenvalue weighted by atomic mass is 16.2. The van der Waals surface area contributed by atoms with Gasteiger partial charge in [-0.05, 0) is 31.0 Å². The lowest BCUT2D eigenvalue weighted by molar-refractivity contribution is -0.122. The molecule has 0 radical (unpaired) electrons. The second-order valence-corrected chi connectivity index (χ2v) is 4.97. The maximum absolute atomic E-state index is 12.1. The lowest BCUT2D eigenvalue weighted by Crippen LogP contribution is -2.37. The Morgan fingerprint density at radius 1 is 1.52 bits per heavy atom. The summed E-state index contributed by atoms with van der Waals surface area (Å²) >= 11 is 0. The van der Waals surface area contributed by atoms with Gasteiger partial charge in [0.05, 0.1) is 12.3 Å². The van der Waals surface area contributed by atoms with Crippen LogP contribution in [-0.2, 0) is 9.59 Å². The zero-order chi connectivity index (χ0) is 15.2. The molecule has 1 saturated heterocycles. The number of aliphatic hydroxyl groups excluding tert-OH is 1. The number of benzene rings is 1. The van der Waals surface area contributed by atoms with E-state index in [1.54, 1.807) is 6.07 Å². The van der Waals surface area contributed by atoms with E-state index < -0.39 is 6.04 Å². The first-order valence-corrected chi connectivity index (χ1v) is 6.91. The van der Waals surface area contributed by atoms with Crippen LogP contribution in [0.5, 0.6) is 0 Å². The summed E-state index contributed by atoms with van der Waals surface area (Å²) in [6.45, 7) is 1.95. The number of aliphatic hydroxyl groups is 1. The largest absolute Gasteiger partial charge is 0.395 e. The molecule has 5 heteroatoms. The number of carbonyl (C=O) groups is 2. The van der Waals surface area contributed by atoms with E-state index >= 15 is 0 Å². The normalized spacial score (nSPS) is 16.9. The molecule has 3 N–H and O–H groups in total. The number of carbonyl (C=O) groups excluding carboxylic acids is 2. The first-order chi connectivity index (χ1) is 10.1. The predicted molar refractivity (Wildman–Crippen MR) is 79.6 cm³/mol. The molecule has 1 heterocycles. The van der Waals surface area contributed by atoms with Gasteiger partial charge in [0.25, 0.3) is 0 Å². The lowest BCUT2D eigenvalue weighted by atomic mass is 10.1. The molecule has 1 aromatic carbocycles. The summed E-state index contributed by atoms with van der Waals surface area (Å²) in [7, 11) is 0. The number of nitrogens with one attached hydrogen (secondary N) is 2. The fourth-order valence-electron chi connectivity index (χ4n) is 2.11. The van der Waals surface area contributed by atoms with Gasteiger partial charge in [-0.1, -0.05) is 17.9 Å². The Hall–Kier alpha value is -2.32. The minimum atomic E-state index is -0.475. The summed E-state index contributed by atoms with van der Waals surface area (Å²) in [5, 5.41) is 14.2. The third kappa shape index (κ3) is 4.07. The molecule has 0 aliphatic carbocycles. The minimum Gasteiger partial charge on any atom is -0.395 e. The average Bonchev–Trinajstić information content (AvgIpc) is 2.88. The minimum absolute atomic E-state index is 0.00855. The molecule has 0 aromatic heterocycles. The van der Waals surface area contributed by atoms with Gasteiger partial charge in [-0.2, -0.15) is 0 Å². The Labute approximate surface area is 123 Å². The number of anilines is 1. The highest BCUT2D eigenvalue weighted by Crippen LogP contribution is 2.18. The van der Waals surface area contributed by atoms with Crippen molar-refractivity contribution in [1.29, 1.82) is 0 Å². The fourth-order valence-corrected chi connectivity index (χ4v) is 2.11. The molecule has 1 unspecified atom stereocenters. The van der Waals surface area contributed by atoms with Gasteiger partial charge in [0.15, 0.2) is 0 Å². The molecule has 0 bridgehead atoms. The molecule has 0 saturated carbocycles. The Morgan fingerprint density at radius 2 is 2.33 bits per heavy atom. The summed E-state index contributed by atoms with van der Waals surface area (Å²) in [6.07, 6.45) is 1.29. The van der Waals surface area contributed by atoms with Crippen LogP contribution in [0.15, 0.2) is 18.2 Å². The van der Waals surface area contributed by atoms with Crippen LogP contribution in [0.2, 0.25) is 0 Å². The molecule has 5 nitrogen and oxygen atoms in total. The van der Waals surface area contributed by atoms with Gasteiger partial charge in [0.1, 0.15) is 6.04 Å². The highest BCUT2D eigenvalue weighted by Gasteiger charge is 2.27. The summed E-state index contributed by atoms with van der Waals surface area (Å²) in [6, 6.07) is 5.09. The summed E-state index contributed by atoms with van der Waals surface area (Å²) in [4.78, 5) is 23.3. The van der Waals surface area contributed by atoms with Crippen LogP contribution < -0.4 is 10.6 Å². The van der Waals surface area contributed by atoms with Gasteiger partial charge in [-0.15, -0.1) is 0 Å². The van der Waals surface area contributed by atoms with Gasteiger partial charge in [0, 0.05) is 18.4 Å². The van der Waals surface area contributed by atoms with Gasteiger partial charge < -0.3 is 15.7 Å². The maximum atomic E-state index is 12.1. The predicted octanol–water partition coefficient (Wildman–Crippen LogP) is 0.946. The van der Waals surface area contributed by atoms with Crippen molar-refractivity contribution in [2.75, 3.05) is 11.9 Å². The van der Waals surface area contributed by atoms with Crippen molar-refractivity contribution in [2.24, 2.45) is 0 Å². The van der Waals surface area contributed by atoms with E-state index in [2.05, 4.69) is 22.5 Å². The third-order valence-corrected chi connectivity index (χ3v) is 3.20. The van der Waals surface area contributed by atoms with Crippen LogP contribution in [0, 0.1) is 18.8 Å². The van der Waals surface area contributed by atoms with Gasteiger partial charge in [-0.25, -0.2) is 0 Å². The molecule has 2 amide bonds. The topological polar surface area (TPSA) is 78.4 Å². The smallest absolute Gasteiger partial charge is 0.246 e. The highest BCUT2D eigenvalue weighted by molar-refractivity contribution is 5.99. The number of hydrogen-bond acceptors (Lipinski definition) is 3. The molecule has 1 atom stereocenters. The van der Waals surface area contributed by atoms with Crippen molar-refractivity contribution in [3.63, 3.8) is 0 Å². The van der Waals surface area contributed by atoms with E-state index in [-0.39, 0.29) is 18.4 Å². The van der Waals surface area contributed by atoms with Gasteiger partial charge >= 0.3 is 0 Å². The number of hydrogen-bond donors (Lipinski definition) is 3. The average molecular weight is 286 g/mol. The molecule has 2 rings (SSSR count). The van der Waals surface area contributed by atoms with Crippen molar-refractivity contribution in [3.05, 3.63) is 29.3 Å². The Kier molecular flexibility index (Phi) is 4.96. The monoisotopic (exact) mass is 286 g/mol. The van der Waals surface area contributed by atoms with Crippen LogP contribution in [0.3, 0.4) is 0 Å². The van der Waals surface area contributed by atoms with Crippen LogP contribution in [-0.4, -0.2) is 29.6 Å². The van der Waals surface area contributed by atoms with E-state index in [1.165, 1.54) is 0 Å². The Bertz CT molecular complexity index is 614. The Morgan fingerprint density at radius 3 is 3.00 bits per heavy atom. The quantitative estimate of drug-likeness (QED) is 0.724. The van der Waals surface area contributed by atoms with Gasteiger partial charge in [-0.3, -0.25) is 9.59 Å². The van der Waals surface area contributed by atoms with Crippen molar-refractivity contribution in [2.45, 2.75) is 32.2 Å². The van der Waals surface area contributed by atoms with E-state index in [9.17, 15) is 9.59 Å². The van der Waals surface area contributed by atoms with E-state index in [0.29, 0.717) is 30.5 Å². The molecule has 110 valence electrons. The fraction of sp³-hybridized carbons (Fsp3) is 0.375. The lowest BCUT2D eigenvalue weighted by Gasteiger charge is -2.12. The molecule has 21 heavy (non-hydrogen) atoms. The van der Waals surface area contributed by atoms with Crippen LogP contribution in [0.25, 0.3) is 0 Å². The van der Waals surface area contributed by atoms with E-state index in [1.807, 2.05) is 19.1 Å². The number of rotatable bonds is 3. The third-order valence-electron chi connectivity index (χ3n) is 3.20. The molecule has 0 spiro atoms. The molecule has 1 fully saturated rings. The SMILES string of the molecule is Cc1ccc(NC(=O)C2CCC(=O)N2)c(C#CCCO)c1. The van der Waals surface area contributed by atoms with Crippen molar-refractivity contribution >= 4 is 17.5 Å². The molecule has 1 aromatic rings. The first-order valence-electron chi connectivity index (χ1n) is 6.91. The zero-order valence-corrected chi connectivity index (χ0v) is 11.9. The summed E-state index contributed by atoms with van der Waals surface area (Å²) in [5.41, 5.74) is 2.37. The maximum Gasteiger partial charge on any atom is 0.246 e. The van der Waals surface area contributed by atoms with Gasteiger partial charge in [0.2, 0.25) is 11.8 Å². The summed E-state index contributed by atoms with van der Waals surface area (Å²) < 4.78 is 0. The van der Waals surface area contributed by atoms with E-state index in [4.69, 9.17) is 5.11 Å². The molecular formula is C16H18N2O3. The molecule has 1 aliphatic heterocycles. The van der Waals surface area contributed by atoms with Crippen LogP contribution >= 0.6 is 0 Å². The van der Waals surface area contributed by atoms with Crippen LogP contribution in [0.4, 0.5) is 5.69 Å². The number of aryl methyl sites for hydroxylation is 1. The van der Waals surface area contributed by atoms with Crippen molar-refractivity contribution in [1.82, 2.24) is 5.32 Å². The summed E-state index contributed by atoms with van der Waals surface area (Å²) in [5.74, 6) is 5.47. The second-order valence-electron chi connectivity index (χ2n) is 4.97. The number of amides is 2. The van der Waals surface area contributed by atoms with Crippen LogP contribution in [0.1, 0.15) is 30.4 Å². The molecular weight excluding hydrogens is 268 g/mol. The van der Waals surface area contributed by atoms with Crippen molar-refractivity contribution in [3.8, 4) is 11.8 Å². The second kappa shape index (κ2) is 6.91.